The maximum Gasteiger partial charge on any atom is 0.169 e. The summed E-state index contributed by atoms with van der Waals surface area (Å²) in [6.45, 7) is 12.0. The summed E-state index contributed by atoms with van der Waals surface area (Å²) in [6.07, 6.45) is 3.65. The Balaban J connectivity index is 0.000000246. The van der Waals surface area contributed by atoms with Gasteiger partial charge in [0, 0.05) is 33.3 Å². The van der Waals surface area contributed by atoms with Gasteiger partial charge in [0.05, 0.1) is 41.2 Å². The highest BCUT2D eigenvalue weighted by atomic mass is 35.5. The fraction of sp³-hybridized carbons (Fsp3) is 0.278. The molecule has 0 atom stereocenters. The smallest absolute Gasteiger partial charge is 0.169 e. The molecule has 0 saturated heterocycles. The van der Waals surface area contributed by atoms with Crippen molar-refractivity contribution in [3.63, 3.8) is 0 Å². The molecule has 0 amide bonds. The van der Waals surface area contributed by atoms with Crippen LogP contribution in [-0.4, -0.2) is 56.8 Å². The second-order valence-electron chi connectivity index (χ2n) is 10.4. The lowest BCUT2D eigenvalue weighted by molar-refractivity contribution is 0.379. The van der Waals surface area contributed by atoms with Gasteiger partial charge in [0.25, 0.3) is 0 Å². The number of methoxy groups -OCH3 is 1. The lowest BCUT2D eigenvalue weighted by Crippen LogP contribution is -2.14. The van der Waals surface area contributed by atoms with Gasteiger partial charge in [0.2, 0.25) is 0 Å². The van der Waals surface area contributed by atoms with Gasteiger partial charge in [-0.15, -0.1) is 0 Å². The molecule has 0 aliphatic carbocycles. The van der Waals surface area contributed by atoms with E-state index in [9.17, 15) is 0 Å². The first-order valence-corrected chi connectivity index (χ1v) is 15.4. The fourth-order valence-corrected chi connectivity index (χ4v) is 4.18. The summed E-state index contributed by atoms with van der Waals surface area (Å²) in [6, 6.07) is 22.6. The second kappa shape index (κ2) is 17.3. The van der Waals surface area contributed by atoms with Crippen LogP contribution in [0.1, 0.15) is 30.5 Å². The third kappa shape index (κ3) is 10.4. The van der Waals surface area contributed by atoms with Gasteiger partial charge in [-0.3, -0.25) is 0 Å². The van der Waals surface area contributed by atoms with Gasteiger partial charge in [-0.05, 0) is 93.8 Å². The first-order valence-electron chi connectivity index (χ1n) is 14.7. The maximum absolute atomic E-state index is 6.15. The van der Waals surface area contributed by atoms with Crippen molar-refractivity contribution >= 4 is 47.3 Å². The van der Waals surface area contributed by atoms with Crippen LogP contribution in [0.15, 0.2) is 82.8 Å². The third-order valence-electron chi connectivity index (χ3n) is 6.87. The molecule has 0 fully saturated rings. The van der Waals surface area contributed by atoms with Crippen molar-refractivity contribution in [2.24, 2.45) is 9.98 Å². The minimum absolute atomic E-state index is 0.555. The van der Waals surface area contributed by atoms with Crippen molar-refractivity contribution in [1.29, 1.82) is 0 Å². The Labute approximate surface area is 277 Å². The average molecular weight is 650 g/mol. The Morgan fingerprint density at radius 3 is 1.51 bits per heavy atom. The van der Waals surface area contributed by atoms with E-state index in [0.717, 1.165) is 46.9 Å². The molecule has 0 unspecified atom stereocenters. The Morgan fingerprint density at radius 2 is 1.04 bits per heavy atom. The zero-order chi connectivity index (χ0) is 32.9. The number of halogens is 2. The van der Waals surface area contributed by atoms with Crippen molar-refractivity contribution in [2.75, 3.05) is 34.3 Å². The van der Waals surface area contributed by atoms with E-state index in [1.165, 1.54) is 0 Å². The number of hydrogen-bond donors (Lipinski definition) is 0. The highest BCUT2D eigenvalue weighted by Gasteiger charge is 2.12. The van der Waals surface area contributed by atoms with Crippen molar-refractivity contribution in [3.8, 4) is 28.7 Å². The van der Waals surface area contributed by atoms with E-state index in [4.69, 9.17) is 37.4 Å². The van der Waals surface area contributed by atoms with Gasteiger partial charge < -0.3 is 24.0 Å². The zero-order valence-corrected chi connectivity index (χ0v) is 28.8. The quantitative estimate of drug-likeness (QED) is 0.120. The van der Waals surface area contributed by atoms with Gasteiger partial charge >= 0.3 is 0 Å². The molecule has 9 heteroatoms. The largest absolute Gasteiger partial charge is 0.493 e. The molecular formula is C36H42Cl2N4O3. The van der Waals surface area contributed by atoms with Crippen LogP contribution in [0.2, 0.25) is 10.0 Å². The monoisotopic (exact) mass is 648 g/mol. The number of nitrogens with zero attached hydrogens (tertiary/aromatic N) is 4. The molecule has 4 aromatic carbocycles. The minimum Gasteiger partial charge on any atom is -0.493 e. The number of rotatable bonds is 11. The summed E-state index contributed by atoms with van der Waals surface area (Å²) >= 11 is 12.3. The topological polar surface area (TPSA) is 58.9 Å². The van der Waals surface area contributed by atoms with Crippen LogP contribution < -0.4 is 14.2 Å². The molecule has 238 valence electrons. The molecule has 0 N–H and O–H groups in total. The van der Waals surface area contributed by atoms with E-state index in [0.29, 0.717) is 33.0 Å². The zero-order valence-electron chi connectivity index (χ0n) is 27.3. The lowest BCUT2D eigenvalue weighted by atomic mass is 10.1. The summed E-state index contributed by atoms with van der Waals surface area (Å²) in [5, 5.41) is 1.16. The molecular weight excluding hydrogens is 607 g/mol. The van der Waals surface area contributed by atoms with E-state index in [-0.39, 0.29) is 0 Å². The summed E-state index contributed by atoms with van der Waals surface area (Å²) in [4.78, 5) is 13.0. The Hall–Kier alpha value is -4.20. The normalized spacial score (nSPS) is 10.9. The average Bonchev–Trinajstić information content (AvgIpc) is 3.03. The standard InChI is InChI=1S/C18H21ClN2O2.C18H21ClN2O/c1-5-21(3)12-20-15-11-17(22-4)18(10-13(15)2)23-16-9-7-6-8-14(16)19;1-5-21(4)12-20-16-10-14(3)18(11-13(16)2)22-17-9-7-6-8-15(17)19/h6-12H,5H2,1-4H3;6-12H,5H2,1-4H3. The van der Waals surface area contributed by atoms with E-state index >= 15 is 0 Å². The summed E-state index contributed by atoms with van der Waals surface area (Å²) in [5.74, 6) is 3.28. The predicted molar refractivity (Wildman–Crippen MR) is 190 cm³/mol. The van der Waals surface area contributed by atoms with Crippen LogP contribution >= 0.6 is 23.2 Å². The van der Waals surface area contributed by atoms with Crippen molar-refractivity contribution in [3.05, 3.63) is 99.5 Å². The van der Waals surface area contributed by atoms with E-state index in [1.807, 2.05) is 118 Å². The van der Waals surface area contributed by atoms with Crippen molar-refractivity contribution < 1.29 is 14.2 Å². The Kier molecular flexibility index (Phi) is 13.6. The van der Waals surface area contributed by atoms with Crippen molar-refractivity contribution in [1.82, 2.24) is 9.80 Å². The number of ether oxygens (including phenoxy) is 3. The molecule has 0 aliphatic heterocycles. The van der Waals surface area contributed by atoms with Gasteiger partial charge in [0.1, 0.15) is 17.2 Å². The molecule has 0 radical (unpaired) electrons. The molecule has 0 spiro atoms. The SMILES string of the molecule is CCN(C)C=Nc1cc(C)c(Oc2ccccc2Cl)cc1C.CCN(C)C=Nc1cc(OC)c(Oc2ccccc2Cl)cc1C. The summed E-state index contributed by atoms with van der Waals surface area (Å²) < 4.78 is 17.3. The van der Waals surface area contributed by atoms with Crippen molar-refractivity contribution in [2.45, 2.75) is 34.6 Å². The molecule has 7 nitrogen and oxygen atoms in total. The van der Waals surface area contributed by atoms with Gasteiger partial charge in [-0.2, -0.15) is 0 Å². The number of benzene rings is 4. The molecule has 0 aliphatic rings. The molecule has 0 heterocycles. The minimum atomic E-state index is 0.555. The van der Waals surface area contributed by atoms with Gasteiger partial charge in [0.15, 0.2) is 11.5 Å². The van der Waals surface area contributed by atoms with Crippen LogP contribution in [0.3, 0.4) is 0 Å². The predicted octanol–water partition coefficient (Wildman–Crippen LogP) is 10.4. The highest BCUT2D eigenvalue weighted by Crippen LogP contribution is 2.39. The van der Waals surface area contributed by atoms with E-state index in [2.05, 4.69) is 23.8 Å². The maximum atomic E-state index is 6.15. The number of aliphatic imine (C=N–C) groups is 2. The second-order valence-corrected chi connectivity index (χ2v) is 11.2. The first kappa shape index (κ1) is 35.3. The van der Waals surface area contributed by atoms with Crippen LogP contribution in [0, 0.1) is 20.8 Å². The lowest BCUT2D eigenvalue weighted by Gasteiger charge is -2.14. The van der Waals surface area contributed by atoms with E-state index in [1.54, 1.807) is 19.5 Å². The molecule has 4 rings (SSSR count). The van der Waals surface area contributed by atoms with Gasteiger partial charge in [-0.25, -0.2) is 9.98 Å². The first-order chi connectivity index (χ1) is 21.6. The molecule has 0 saturated carbocycles. The number of para-hydroxylation sites is 2. The number of aryl methyl sites for hydroxylation is 3. The molecule has 4 aromatic rings. The molecule has 45 heavy (non-hydrogen) atoms. The van der Waals surface area contributed by atoms with Crippen LogP contribution in [0.25, 0.3) is 0 Å². The fourth-order valence-electron chi connectivity index (χ4n) is 3.83. The number of hydrogen-bond acceptors (Lipinski definition) is 5. The Morgan fingerprint density at radius 1 is 0.600 bits per heavy atom. The van der Waals surface area contributed by atoms with Crippen LogP contribution in [-0.2, 0) is 0 Å². The highest BCUT2D eigenvalue weighted by molar-refractivity contribution is 6.32. The summed E-state index contributed by atoms with van der Waals surface area (Å²) in [7, 11) is 5.58. The molecule has 0 aromatic heterocycles. The molecule has 0 bridgehead atoms. The van der Waals surface area contributed by atoms with E-state index < -0.39 is 0 Å². The van der Waals surface area contributed by atoms with Gasteiger partial charge in [-0.1, -0.05) is 47.5 Å². The van der Waals surface area contributed by atoms with Crippen LogP contribution in [0.4, 0.5) is 11.4 Å². The summed E-state index contributed by atoms with van der Waals surface area (Å²) in [5.41, 5.74) is 4.87. The third-order valence-corrected chi connectivity index (χ3v) is 7.50. The Bertz CT molecular complexity index is 1620. The van der Waals surface area contributed by atoms with Crippen LogP contribution in [0.5, 0.6) is 28.7 Å².